The van der Waals surface area contributed by atoms with E-state index in [9.17, 15) is 4.79 Å². The first kappa shape index (κ1) is 16.7. The number of amides is 1. The van der Waals surface area contributed by atoms with Gasteiger partial charge in [0.15, 0.2) is 0 Å². The summed E-state index contributed by atoms with van der Waals surface area (Å²) in [5, 5.41) is 2.03. The van der Waals surface area contributed by atoms with Gasteiger partial charge in [0.25, 0.3) is 0 Å². The van der Waals surface area contributed by atoms with Crippen LogP contribution in [0.5, 0.6) is 0 Å². The zero-order chi connectivity index (χ0) is 17.1. The van der Waals surface area contributed by atoms with Crippen molar-refractivity contribution in [2.45, 2.75) is 44.7 Å². The van der Waals surface area contributed by atoms with Gasteiger partial charge in [0.05, 0.1) is 18.2 Å². The number of hydrogen-bond acceptors (Lipinski definition) is 4. The van der Waals surface area contributed by atoms with Crippen molar-refractivity contribution in [1.29, 1.82) is 0 Å². The standard InChI is InChI=1S/C20H25N3OS/c24-20(13-17-5-4-12-25-17)23-11-3-6-19(23)18-8-7-16(14-21-18)15-22-9-1-2-10-22/h4-5,7-8,12,14,19H,1-3,6,9-11,13,15H2/t19-/m1/s1. The Morgan fingerprint density at radius 1 is 1.16 bits per heavy atom. The van der Waals surface area contributed by atoms with E-state index in [-0.39, 0.29) is 11.9 Å². The molecule has 2 aromatic heterocycles. The molecule has 2 aliphatic rings. The van der Waals surface area contributed by atoms with E-state index in [1.807, 2.05) is 28.6 Å². The predicted octanol–water partition coefficient (Wildman–Crippen LogP) is 3.65. The van der Waals surface area contributed by atoms with Gasteiger partial charge in [-0.25, -0.2) is 0 Å². The van der Waals surface area contributed by atoms with Crippen molar-refractivity contribution in [3.8, 4) is 0 Å². The lowest BCUT2D eigenvalue weighted by Crippen LogP contribution is -2.32. The maximum absolute atomic E-state index is 12.7. The van der Waals surface area contributed by atoms with E-state index in [0.29, 0.717) is 6.42 Å². The van der Waals surface area contributed by atoms with Gasteiger partial charge in [0.2, 0.25) is 5.91 Å². The number of thiophene rings is 1. The molecule has 0 saturated carbocycles. The lowest BCUT2D eigenvalue weighted by molar-refractivity contribution is -0.131. The highest BCUT2D eigenvalue weighted by Crippen LogP contribution is 2.31. The fourth-order valence-corrected chi connectivity index (χ4v) is 4.66. The summed E-state index contributed by atoms with van der Waals surface area (Å²) in [5.41, 5.74) is 2.32. The SMILES string of the molecule is O=C(Cc1cccs1)N1CCC[C@@H]1c1ccc(CN2CCCC2)cn1. The normalized spacial score (nSPS) is 21.1. The third kappa shape index (κ3) is 3.93. The fourth-order valence-electron chi connectivity index (χ4n) is 3.96. The molecule has 25 heavy (non-hydrogen) atoms. The topological polar surface area (TPSA) is 36.4 Å². The third-order valence-electron chi connectivity index (χ3n) is 5.27. The molecule has 0 bridgehead atoms. The van der Waals surface area contributed by atoms with E-state index in [1.165, 1.54) is 31.5 Å². The van der Waals surface area contributed by atoms with Crippen LogP contribution in [0.1, 0.15) is 47.9 Å². The van der Waals surface area contributed by atoms with Crippen LogP contribution >= 0.6 is 11.3 Å². The molecule has 4 heterocycles. The van der Waals surface area contributed by atoms with E-state index < -0.39 is 0 Å². The van der Waals surface area contributed by atoms with Gasteiger partial charge in [0, 0.05) is 24.2 Å². The molecule has 5 heteroatoms. The molecule has 1 atom stereocenters. The van der Waals surface area contributed by atoms with Gasteiger partial charge in [-0.1, -0.05) is 12.1 Å². The second-order valence-electron chi connectivity index (χ2n) is 7.08. The molecule has 0 aliphatic carbocycles. The number of carbonyl (C=O) groups excluding carboxylic acids is 1. The zero-order valence-corrected chi connectivity index (χ0v) is 15.4. The number of hydrogen-bond donors (Lipinski definition) is 0. The van der Waals surface area contributed by atoms with Crippen LogP contribution in [0.3, 0.4) is 0 Å². The summed E-state index contributed by atoms with van der Waals surface area (Å²) in [6, 6.07) is 8.52. The Morgan fingerprint density at radius 3 is 2.76 bits per heavy atom. The molecule has 1 amide bonds. The van der Waals surface area contributed by atoms with E-state index in [0.717, 1.165) is 36.5 Å². The van der Waals surface area contributed by atoms with Crippen molar-refractivity contribution in [3.05, 3.63) is 52.0 Å². The van der Waals surface area contributed by atoms with Gasteiger partial charge < -0.3 is 4.90 Å². The number of pyridine rings is 1. The van der Waals surface area contributed by atoms with Crippen LogP contribution in [-0.4, -0.2) is 40.3 Å². The zero-order valence-electron chi connectivity index (χ0n) is 14.6. The number of aromatic nitrogens is 1. The number of carbonyl (C=O) groups is 1. The van der Waals surface area contributed by atoms with Crippen LogP contribution in [0.15, 0.2) is 35.8 Å². The molecule has 0 unspecified atom stereocenters. The monoisotopic (exact) mass is 355 g/mol. The highest BCUT2D eigenvalue weighted by atomic mass is 32.1. The average Bonchev–Trinajstić information content (AvgIpc) is 3.38. The summed E-state index contributed by atoms with van der Waals surface area (Å²) in [6.07, 6.45) is 7.24. The lowest BCUT2D eigenvalue weighted by Gasteiger charge is -2.24. The molecule has 0 aromatic carbocycles. The Kier molecular flexibility index (Phi) is 5.13. The Balaban J connectivity index is 1.41. The van der Waals surface area contributed by atoms with Crippen LogP contribution in [-0.2, 0) is 17.8 Å². The second-order valence-corrected chi connectivity index (χ2v) is 8.11. The van der Waals surface area contributed by atoms with Gasteiger partial charge in [0.1, 0.15) is 0 Å². The van der Waals surface area contributed by atoms with Crippen LogP contribution in [0, 0.1) is 0 Å². The third-order valence-corrected chi connectivity index (χ3v) is 6.15. The fraction of sp³-hybridized carbons (Fsp3) is 0.500. The predicted molar refractivity (Wildman–Crippen MR) is 100 cm³/mol. The molecule has 2 saturated heterocycles. The van der Waals surface area contributed by atoms with Crippen molar-refractivity contribution >= 4 is 17.2 Å². The van der Waals surface area contributed by atoms with E-state index in [2.05, 4.69) is 17.0 Å². The van der Waals surface area contributed by atoms with Crippen molar-refractivity contribution in [2.75, 3.05) is 19.6 Å². The molecular formula is C20H25N3OS. The van der Waals surface area contributed by atoms with Crippen LogP contribution in [0.25, 0.3) is 0 Å². The van der Waals surface area contributed by atoms with Gasteiger partial charge in [-0.3, -0.25) is 14.7 Å². The Bertz CT molecular complexity index is 692. The Labute approximate surface area is 153 Å². The minimum Gasteiger partial charge on any atom is -0.334 e. The summed E-state index contributed by atoms with van der Waals surface area (Å²) >= 11 is 1.66. The maximum Gasteiger partial charge on any atom is 0.228 e. The minimum atomic E-state index is 0.147. The summed E-state index contributed by atoms with van der Waals surface area (Å²) in [7, 11) is 0. The molecule has 0 N–H and O–H groups in total. The first-order chi connectivity index (χ1) is 12.3. The Hall–Kier alpha value is -1.72. The van der Waals surface area contributed by atoms with Crippen LogP contribution in [0.4, 0.5) is 0 Å². The molecule has 2 aliphatic heterocycles. The highest BCUT2D eigenvalue weighted by molar-refractivity contribution is 7.10. The van der Waals surface area contributed by atoms with Crippen molar-refractivity contribution in [1.82, 2.24) is 14.8 Å². The maximum atomic E-state index is 12.7. The molecular weight excluding hydrogens is 330 g/mol. The van der Waals surface area contributed by atoms with Gasteiger partial charge in [-0.05, 0) is 61.8 Å². The number of rotatable bonds is 5. The molecule has 0 spiro atoms. The molecule has 0 radical (unpaired) electrons. The summed E-state index contributed by atoms with van der Waals surface area (Å²) in [6.45, 7) is 4.26. The average molecular weight is 356 g/mol. The first-order valence-electron chi connectivity index (χ1n) is 9.28. The van der Waals surface area contributed by atoms with Crippen molar-refractivity contribution < 1.29 is 4.79 Å². The molecule has 4 nitrogen and oxygen atoms in total. The quantitative estimate of drug-likeness (QED) is 0.821. The van der Waals surface area contributed by atoms with E-state index in [1.54, 1.807) is 11.3 Å². The largest absolute Gasteiger partial charge is 0.334 e. The van der Waals surface area contributed by atoms with Crippen LogP contribution < -0.4 is 0 Å². The van der Waals surface area contributed by atoms with E-state index >= 15 is 0 Å². The number of nitrogens with zero attached hydrogens (tertiary/aromatic N) is 3. The highest BCUT2D eigenvalue weighted by Gasteiger charge is 2.30. The van der Waals surface area contributed by atoms with Gasteiger partial charge in [-0.15, -0.1) is 11.3 Å². The summed E-state index contributed by atoms with van der Waals surface area (Å²) < 4.78 is 0. The van der Waals surface area contributed by atoms with Crippen LogP contribution in [0.2, 0.25) is 0 Å². The first-order valence-corrected chi connectivity index (χ1v) is 10.2. The Morgan fingerprint density at radius 2 is 2.04 bits per heavy atom. The van der Waals surface area contributed by atoms with Crippen molar-refractivity contribution in [2.24, 2.45) is 0 Å². The summed E-state index contributed by atoms with van der Waals surface area (Å²) in [5.74, 6) is 0.230. The number of likely N-dealkylation sites (tertiary alicyclic amines) is 2. The molecule has 2 aromatic rings. The van der Waals surface area contributed by atoms with Crippen molar-refractivity contribution in [3.63, 3.8) is 0 Å². The lowest BCUT2D eigenvalue weighted by atomic mass is 10.1. The van der Waals surface area contributed by atoms with Gasteiger partial charge in [-0.2, -0.15) is 0 Å². The van der Waals surface area contributed by atoms with Gasteiger partial charge >= 0.3 is 0 Å². The second kappa shape index (κ2) is 7.67. The smallest absolute Gasteiger partial charge is 0.228 e. The molecule has 2 fully saturated rings. The molecule has 132 valence electrons. The summed E-state index contributed by atoms with van der Waals surface area (Å²) in [4.78, 5) is 23.1. The molecule has 4 rings (SSSR count). The van der Waals surface area contributed by atoms with E-state index in [4.69, 9.17) is 4.98 Å². The minimum absolute atomic E-state index is 0.147.